The van der Waals surface area contributed by atoms with Gasteiger partial charge in [-0.3, -0.25) is 4.79 Å². The van der Waals surface area contributed by atoms with Crippen molar-refractivity contribution in [1.82, 2.24) is 10.0 Å². The summed E-state index contributed by atoms with van der Waals surface area (Å²) in [5.41, 5.74) is 0.359. The van der Waals surface area contributed by atoms with E-state index in [2.05, 4.69) is 26.0 Å². The Kier molecular flexibility index (Phi) is 7.42. The maximum absolute atomic E-state index is 13.3. The fourth-order valence-corrected chi connectivity index (χ4v) is 4.64. The average molecular weight is 487 g/mol. The number of hydrogen-bond acceptors (Lipinski definition) is 4. The zero-order valence-electron chi connectivity index (χ0n) is 16.7. The Labute approximate surface area is 179 Å². The summed E-state index contributed by atoms with van der Waals surface area (Å²) in [4.78, 5) is 12.4. The number of carbonyl (C=O) groups is 1. The van der Waals surface area contributed by atoms with Gasteiger partial charge in [0.15, 0.2) is 0 Å². The van der Waals surface area contributed by atoms with Gasteiger partial charge in [-0.05, 0) is 79.0 Å². The summed E-state index contributed by atoms with van der Waals surface area (Å²) in [5, 5.41) is 2.74. The lowest BCUT2D eigenvalue weighted by Gasteiger charge is -2.21. The second-order valence-corrected chi connectivity index (χ2v) is 9.98. The molecule has 29 heavy (non-hydrogen) atoms. The van der Waals surface area contributed by atoms with E-state index in [1.165, 1.54) is 31.4 Å². The Morgan fingerprint density at radius 1 is 1.17 bits per heavy atom. The number of rotatable bonds is 7. The van der Waals surface area contributed by atoms with E-state index in [1.54, 1.807) is 32.9 Å². The molecule has 0 bridgehead atoms. The van der Waals surface area contributed by atoms with Crippen LogP contribution in [-0.4, -0.2) is 33.5 Å². The Bertz CT molecular complexity index is 1000. The van der Waals surface area contributed by atoms with E-state index in [0.29, 0.717) is 17.4 Å². The lowest BCUT2D eigenvalue weighted by Crippen LogP contribution is -2.40. The summed E-state index contributed by atoms with van der Waals surface area (Å²) in [5.74, 6) is -0.621. The van der Waals surface area contributed by atoms with Gasteiger partial charge in [0.05, 0.1) is 11.6 Å². The van der Waals surface area contributed by atoms with E-state index in [1.807, 2.05) is 0 Å². The standard InChI is InChI=1S/C20H24BrFN2O4S/c1-20(2,3)24-29(26,27)18-12-14(6-8-17(18)28-4)19(25)23-10-9-13-5-7-16(22)15(21)11-13/h5-8,11-12,24H,9-10H2,1-4H3,(H,23,25). The predicted octanol–water partition coefficient (Wildman–Crippen LogP) is 3.65. The molecule has 2 rings (SSSR count). The van der Waals surface area contributed by atoms with Crippen molar-refractivity contribution in [3.05, 3.63) is 57.8 Å². The van der Waals surface area contributed by atoms with Crippen LogP contribution in [0.2, 0.25) is 0 Å². The van der Waals surface area contributed by atoms with Gasteiger partial charge in [-0.15, -0.1) is 0 Å². The van der Waals surface area contributed by atoms with Crippen LogP contribution < -0.4 is 14.8 Å². The summed E-state index contributed by atoms with van der Waals surface area (Å²) in [6.07, 6.45) is 0.498. The molecular formula is C20H24BrFN2O4S. The molecule has 2 N–H and O–H groups in total. The minimum absolute atomic E-state index is 0.106. The molecule has 0 saturated carbocycles. The minimum atomic E-state index is -3.88. The molecule has 9 heteroatoms. The summed E-state index contributed by atoms with van der Waals surface area (Å²) in [6, 6.07) is 8.88. The van der Waals surface area contributed by atoms with Crippen molar-refractivity contribution in [2.24, 2.45) is 0 Å². The third-order valence-corrected chi connectivity index (χ3v) is 6.23. The molecule has 0 atom stereocenters. The molecule has 0 aliphatic carbocycles. The third-order valence-electron chi connectivity index (χ3n) is 3.84. The zero-order valence-corrected chi connectivity index (χ0v) is 19.1. The van der Waals surface area contributed by atoms with Crippen LogP contribution in [0.25, 0.3) is 0 Å². The number of hydrogen-bond donors (Lipinski definition) is 2. The van der Waals surface area contributed by atoms with Gasteiger partial charge in [0.25, 0.3) is 5.91 Å². The molecule has 0 saturated heterocycles. The fourth-order valence-electron chi connectivity index (χ4n) is 2.60. The second-order valence-electron chi connectivity index (χ2n) is 7.48. The Balaban J connectivity index is 2.15. The SMILES string of the molecule is COc1ccc(C(=O)NCCc2ccc(F)c(Br)c2)cc1S(=O)(=O)NC(C)(C)C. The number of amides is 1. The number of benzene rings is 2. The molecule has 2 aromatic carbocycles. The molecule has 0 aliphatic heterocycles. The first-order chi connectivity index (χ1) is 13.4. The monoisotopic (exact) mass is 486 g/mol. The first-order valence-electron chi connectivity index (χ1n) is 8.87. The van der Waals surface area contributed by atoms with Gasteiger partial charge in [-0.1, -0.05) is 6.07 Å². The minimum Gasteiger partial charge on any atom is -0.495 e. The highest BCUT2D eigenvalue weighted by atomic mass is 79.9. The van der Waals surface area contributed by atoms with E-state index >= 15 is 0 Å². The third kappa shape index (κ3) is 6.52. The normalized spacial score (nSPS) is 11.9. The van der Waals surface area contributed by atoms with E-state index < -0.39 is 21.5 Å². The quantitative estimate of drug-likeness (QED) is 0.625. The Morgan fingerprint density at radius 3 is 2.45 bits per heavy atom. The van der Waals surface area contributed by atoms with Crippen molar-refractivity contribution < 1.29 is 22.3 Å². The van der Waals surface area contributed by atoms with E-state index in [4.69, 9.17) is 4.74 Å². The Morgan fingerprint density at radius 2 is 1.86 bits per heavy atom. The van der Waals surface area contributed by atoms with Crippen molar-refractivity contribution in [3.63, 3.8) is 0 Å². The molecule has 0 aromatic heterocycles. The fraction of sp³-hybridized carbons (Fsp3) is 0.350. The van der Waals surface area contributed by atoms with Gasteiger partial charge in [0, 0.05) is 17.6 Å². The maximum Gasteiger partial charge on any atom is 0.251 e. The molecule has 0 spiro atoms. The van der Waals surface area contributed by atoms with Crippen molar-refractivity contribution in [2.75, 3.05) is 13.7 Å². The first kappa shape index (κ1) is 23.3. The predicted molar refractivity (Wildman–Crippen MR) is 113 cm³/mol. The molecule has 0 aliphatic rings. The molecule has 0 unspecified atom stereocenters. The maximum atomic E-state index is 13.3. The smallest absolute Gasteiger partial charge is 0.251 e. The molecular weight excluding hydrogens is 463 g/mol. The van der Waals surface area contributed by atoms with E-state index in [9.17, 15) is 17.6 Å². The molecule has 0 radical (unpaired) electrons. The van der Waals surface area contributed by atoms with E-state index in [0.717, 1.165) is 5.56 Å². The van der Waals surface area contributed by atoms with Crippen LogP contribution in [0.15, 0.2) is 45.8 Å². The van der Waals surface area contributed by atoms with Gasteiger partial charge >= 0.3 is 0 Å². The highest BCUT2D eigenvalue weighted by molar-refractivity contribution is 9.10. The van der Waals surface area contributed by atoms with Gasteiger partial charge in [0.2, 0.25) is 10.0 Å². The lowest BCUT2D eigenvalue weighted by atomic mass is 10.1. The van der Waals surface area contributed by atoms with Crippen LogP contribution in [0.3, 0.4) is 0 Å². The molecule has 0 heterocycles. The van der Waals surface area contributed by atoms with Crippen molar-refractivity contribution in [2.45, 2.75) is 37.6 Å². The van der Waals surface area contributed by atoms with Gasteiger partial charge in [-0.2, -0.15) is 0 Å². The molecule has 1 amide bonds. The van der Waals surface area contributed by atoms with Crippen LogP contribution in [0, 0.1) is 5.82 Å². The Hall–Kier alpha value is -1.97. The largest absolute Gasteiger partial charge is 0.495 e. The highest BCUT2D eigenvalue weighted by Gasteiger charge is 2.26. The van der Waals surface area contributed by atoms with Crippen molar-refractivity contribution in [3.8, 4) is 5.75 Å². The number of nitrogens with one attached hydrogen (secondary N) is 2. The first-order valence-corrected chi connectivity index (χ1v) is 11.1. The highest BCUT2D eigenvalue weighted by Crippen LogP contribution is 2.26. The zero-order chi connectivity index (χ0) is 21.8. The number of methoxy groups -OCH3 is 1. The van der Waals surface area contributed by atoms with Gasteiger partial charge in [-0.25, -0.2) is 17.5 Å². The molecule has 158 valence electrons. The summed E-state index contributed by atoms with van der Waals surface area (Å²) in [6.45, 7) is 5.48. The summed E-state index contributed by atoms with van der Waals surface area (Å²) >= 11 is 3.13. The van der Waals surface area contributed by atoms with Crippen molar-refractivity contribution in [1.29, 1.82) is 0 Å². The number of halogens is 2. The van der Waals surface area contributed by atoms with Crippen molar-refractivity contribution >= 4 is 31.9 Å². The van der Waals surface area contributed by atoms with Crippen LogP contribution in [0.4, 0.5) is 4.39 Å². The van der Waals surface area contributed by atoms with Crippen LogP contribution in [-0.2, 0) is 16.4 Å². The van der Waals surface area contributed by atoms with Gasteiger partial charge in [0.1, 0.15) is 16.5 Å². The number of sulfonamides is 1. The summed E-state index contributed by atoms with van der Waals surface area (Å²) < 4.78 is 46.8. The number of ether oxygens (including phenoxy) is 1. The molecule has 2 aromatic rings. The summed E-state index contributed by atoms with van der Waals surface area (Å²) in [7, 11) is -2.52. The molecule has 0 fully saturated rings. The number of carbonyl (C=O) groups excluding carboxylic acids is 1. The lowest BCUT2D eigenvalue weighted by molar-refractivity contribution is 0.0954. The average Bonchev–Trinajstić information content (AvgIpc) is 2.62. The van der Waals surface area contributed by atoms with Crippen LogP contribution in [0.1, 0.15) is 36.7 Å². The topological polar surface area (TPSA) is 84.5 Å². The van der Waals surface area contributed by atoms with Gasteiger partial charge < -0.3 is 10.1 Å². The van der Waals surface area contributed by atoms with E-state index in [-0.39, 0.29) is 22.0 Å². The second kappa shape index (κ2) is 9.23. The van der Waals surface area contributed by atoms with Crippen LogP contribution in [0.5, 0.6) is 5.75 Å². The molecule has 6 nitrogen and oxygen atoms in total. The van der Waals surface area contributed by atoms with Crippen LogP contribution >= 0.6 is 15.9 Å².